The highest BCUT2D eigenvalue weighted by molar-refractivity contribution is 6.15. The second-order valence-corrected chi connectivity index (χ2v) is 6.73. The number of fused-ring (bicyclic) bond motifs is 1. The lowest BCUT2D eigenvalue weighted by Gasteiger charge is -2.20. The molecule has 4 rings (SSSR count). The fraction of sp³-hybridized carbons (Fsp3) is 0.300. The summed E-state index contributed by atoms with van der Waals surface area (Å²) < 4.78 is 5.90. The minimum Gasteiger partial charge on any atom is -0.872 e. The maximum Gasteiger partial charge on any atom is 0.232 e. The number of benzene rings is 1. The molecule has 0 radical (unpaired) electrons. The first kappa shape index (κ1) is 15.8. The van der Waals surface area contributed by atoms with Crippen LogP contribution >= 0.6 is 0 Å². The number of ether oxygens (including phenoxy) is 1. The molecule has 0 atom stereocenters. The summed E-state index contributed by atoms with van der Waals surface area (Å²) in [4.78, 5) is 18.2. The van der Waals surface area contributed by atoms with E-state index in [0.717, 1.165) is 18.7 Å². The molecule has 128 valence electrons. The van der Waals surface area contributed by atoms with Crippen molar-refractivity contribution in [2.45, 2.75) is 26.3 Å². The van der Waals surface area contributed by atoms with Crippen LogP contribution in [-0.4, -0.2) is 23.9 Å². The van der Waals surface area contributed by atoms with Gasteiger partial charge >= 0.3 is 0 Å². The third kappa shape index (κ3) is 2.91. The van der Waals surface area contributed by atoms with E-state index in [2.05, 4.69) is 4.98 Å². The van der Waals surface area contributed by atoms with Crippen molar-refractivity contribution in [2.75, 3.05) is 13.1 Å². The number of rotatable bonds is 3. The van der Waals surface area contributed by atoms with Gasteiger partial charge in [-0.25, -0.2) is 0 Å². The fourth-order valence-electron chi connectivity index (χ4n) is 3.65. The number of hydrogen-bond donors (Lipinski definition) is 1. The van der Waals surface area contributed by atoms with Crippen LogP contribution in [-0.2, 0) is 6.54 Å². The van der Waals surface area contributed by atoms with Gasteiger partial charge in [-0.15, -0.1) is 0 Å². The van der Waals surface area contributed by atoms with Crippen LogP contribution in [0.25, 0.3) is 6.08 Å². The largest absolute Gasteiger partial charge is 0.872 e. The Balaban J connectivity index is 1.73. The number of carbonyl (C=O) groups excluding carboxylic acids is 1. The van der Waals surface area contributed by atoms with Gasteiger partial charge in [0.15, 0.2) is 5.76 Å². The van der Waals surface area contributed by atoms with Crippen LogP contribution in [0.1, 0.15) is 39.9 Å². The van der Waals surface area contributed by atoms with E-state index in [9.17, 15) is 9.90 Å². The molecule has 0 bridgehead atoms. The number of nitrogens with zero attached hydrogens (tertiary/aromatic N) is 1. The molecule has 0 amide bonds. The Morgan fingerprint density at radius 2 is 2.16 bits per heavy atom. The molecule has 1 aromatic carbocycles. The molecule has 0 unspecified atom stereocenters. The van der Waals surface area contributed by atoms with E-state index in [0.29, 0.717) is 29.0 Å². The summed E-state index contributed by atoms with van der Waals surface area (Å²) in [6, 6.07) is 5.24. The molecule has 5 heteroatoms. The lowest BCUT2D eigenvalue weighted by atomic mass is 9.99. The average Bonchev–Trinajstić information content (AvgIpc) is 3.21. The van der Waals surface area contributed by atoms with Crippen LogP contribution in [0.5, 0.6) is 11.5 Å². The quantitative estimate of drug-likeness (QED) is 0.857. The molecular formula is C20H20N2O3. The number of nitrogens with one attached hydrogen (secondary N) is 1. The first-order valence-electron chi connectivity index (χ1n) is 8.65. The lowest BCUT2D eigenvalue weighted by Crippen LogP contribution is -3.08. The Labute approximate surface area is 146 Å². The molecule has 2 aliphatic heterocycles. The second kappa shape index (κ2) is 6.33. The standard InChI is InChI=1S/C20H20N2O3/c1-13-9-16(23)15(12-22-7-2-3-8-22)20-18(13)19(24)17(25-20)10-14-5-4-6-21-11-14/h4-6,9-11,23H,2-3,7-8,12H2,1H3. The highest BCUT2D eigenvalue weighted by Crippen LogP contribution is 2.40. The van der Waals surface area contributed by atoms with Crippen LogP contribution in [0.3, 0.4) is 0 Å². The molecule has 1 N–H and O–H groups in total. The molecule has 1 fully saturated rings. The third-order valence-electron chi connectivity index (χ3n) is 4.92. The molecule has 2 aromatic rings. The summed E-state index contributed by atoms with van der Waals surface area (Å²) in [5.74, 6) is 0.527. The van der Waals surface area contributed by atoms with Gasteiger partial charge in [0.2, 0.25) is 5.78 Å². The van der Waals surface area contributed by atoms with Crippen molar-refractivity contribution in [3.63, 3.8) is 0 Å². The summed E-state index contributed by atoms with van der Waals surface area (Å²) in [5, 5.41) is 12.5. The van der Waals surface area contributed by atoms with E-state index in [1.807, 2.05) is 12.1 Å². The van der Waals surface area contributed by atoms with Crippen LogP contribution in [0, 0.1) is 6.92 Å². The summed E-state index contributed by atoms with van der Waals surface area (Å²) >= 11 is 0. The van der Waals surface area contributed by atoms with E-state index in [4.69, 9.17) is 4.74 Å². The van der Waals surface area contributed by atoms with Crippen LogP contribution in [0.2, 0.25) is 0 Å². The molecule has 1 aromatic heterocycles. The predicted octanol–water partition coefficient (Wildman–Crippen LogP) is 1.26. The number of Topliss-reactive ketones (excluding diaryl/α,β-unsaturated/α-hetero) is 1. The van der Waals surface area contributed by atoms with E-state index in [1.54, 1.807) is 31.5 Å². The maximum absolute atomic E-state index is 12.8. The first-order chi connectivity index (χ1) is 12.1. The number of aromatic nitrogens is 1. The van der Waals surface area contributed by atoms with Gasteiger partial charge in [0, 0.05) is 30.8 Å². The van der Waals surface area contributed by atoms with E-state index >= 15 is 0 Å². The highest BCUT2D eigenvalue weighted by Gasteiger charge is 2.33. The van der Waals surface area contributed by atoms with Crippen molar-refractivity contribution in [1.82, 2.24) is 4.98 Å². The van der Waals surface area contributed by atoms with Crippen LogP contribution in [0.15, 0.2) is 36.4 Å². The Kier molecular flexibility index (Phi) is 4.01. The summed E-state index contributed by atoms with van der Waals surface area (Å²) in [5.41, 5.74) is 2.63. The molecule has 25 heavy (non-hydrogen) atoms. The van der Waals surface area contributed by atoms with Crippen molar-refractivity contribution in [3.05, 3.63) is 58.6 Å². The number of likely N-dealkylation sites (tertiary alicyclic amines) is 1. The smallest absolute Gasteiger partial charge is 0.232 e. The number of ketones is 1. The first-order valence-corrected chi connectivity index (χ1v) is 8.65. The number of carbonyl (C=O) groups is 1. The van der Waals surface area contributed by atoms with Gasteiger partial charge in [0.1, 0.15) is 12.3 Å². The van der Waals surface area contributed by atoms with Crippen LogP contribution < -0.4 is 14.7 Å². The number of aryl methyl sites for hydroxylation is 1. The van der Waals surface area contributed by atoms with Gasteiger partial charge in [-0.05, 0) is 30.2 Å². The van der Waals surface area contributed by atoms with Gasteiger partial charge in [-0.2, -0.15) is 0 Å². The monoisotopic (exact) mass is 336 g/mol. The zero-order valence-electron chi connectivity index (χ0n) is 14.2. The normalized spacial score (nSPS) is 18.6. The minimum atomic E-state index is -0.158. The SMILES string of the molecule is Cc1cc([O-])c(C[NH+]2CCCC2)c2c1C(=O)C(=Cc1cccnc1)O2. The number of allylic oxidation sites excluding steroid dienone is 1. The number of hydrogen-bond acceptors (Lipinski definition) is 4. The molecule has 0 spiro atoms. The minimum absolute atomic E-state index is 0.0360. The van der Waals surface area contributed by atoms with Crippen LogP contribution in [0.4, 0.5) is 0 Å². The number of pyridine rings is 1. The van der Waals surface area contributed by atoms with Crippen molar-refractivity contribution >= 4 is 11.9 Å². The maximum atomic E-state index is 12.8. The second-order valence-electron chi connectivity index (χ2n) is 6.73. The third-order valence-corrected chi connectivity index (χ3v) is 4.92. The van der Waals surface area contributed by atoms with Crippen molar-refractivity contribution in [1.29, 1.82) is 0 Å². The molecule has 3 heterocycles. The molecule has 2 aliphatic rings. The molecule has 5 nitrogen and oxygen atoms in total. The zero-order valence-corrected chi connectivity index (χ0v) is 14.2. The van der Waals surface area contributed by atoms with Gasteiger partial charge in [-0.3, -0.25) is 9.78 Å². The van der Waals surface area contributed by atoms with Crippen molar-refractivity contribution < 1.29 is 19.5 Å². The summed E-state index contributed by atoms with van der Waals surface area (Å²) in [6.07, 6.45) is 7.41. The van der Waals surface area contributed by atoms with E-state index < -0.39 is 0 Å². The Morgan fingerprint density at radius 1 is 1.36 bits per heavy atom. The van der Waals surface area contributed by atoms with Gasteiger partial charge in [0.25, 0.3) is 0 Å². The Hall–Kier alpha value is -2.66. The molecule has 1 saturated heterocycles. The molecule has 0 aliphatic carbocycles. The zero-order chi connectivity index (χ0) is 17.4. The summed E-state index contributed by atoms with van der Waals surface area (Å²) in [6.45, 7) is 4.54. The average molecular weight is 336 g/mol. The Bertz CT molecular complexity index is 853. The van der Waals surface area contributed by atoms with E-state index in [-0.39, 0.29) is 17.3 Å². The van der Waals surface area contributed by atoms with Gasteiger partial charge in [0.05, 0.1) is 18.7 Å². The Morgan fingerprint density at radius 3 is 2.88 bits per heavy atom. The topological polar surface area (TPSA) is 66.7 Å². The number of quaternary nitrogens is 1. The van der Waals surface area contributed by atoms with Crippen molar-refractivity contribution in [3.8, 4) is 11.5 Å². The van der Waals surface area contributed by atoms with Gasteiger partial charge in [-0.1, -0.05) is 17.9 Å². The summed E-state index contributed by atoms with van der Waals surface area (Å²) in [7, 11) is 0. The highest BCUT2D eigenvalue weighted by atomic mass is 16.5. The molecule has 0 saturated carbocycles. The van der Waals surface area contributed by atoms with Crippen molar-refractivity contribution in [2.24, 2.45) is 0 Å². The molecular weight excluding hydrogens is 316 g/mol. The predicted molar refractivity (Wildman–Crippen MR) is 91.4 cm³/mol. The fourth-order valence-corrected chi connectivity index (χ4v) is 3.65. The van der Waals surface area contributed by atoms with E-state index in [1.165, 1.54) is 17.7 Å². The lowest BCUT2D eigenvalue weighted by molar-refractivity contribution is -0.901. The van der Waals surface area contributed by atoms with Gasteiger partial charge < -0.3 is 14.7 Å².